The summed E-state index contributed by atoms with van der Waals surface area (Å²) in [6.07, 6.45) is 6.20. The average molecular weight is 542 g/mol. The van der Waals surface area contributed by atoms with Gasteiger partial charge in [-0.2, -0.15) is 10.1 Å². The summed E-state index contributed by atoms with van der Waals surface area (Å²) in [4.78, 5) is 11.1. The molecule has 1 fully saturated rings. The number of nitrogens with zero attached hydrogens (tertiary/aromatic N) is 6. The van der Waals surface area contributed by atoms with E-state index in [1.807, 2.05) is 42.2 Å². The molecule has 4 rings (SSSR count). The topological polar surface area (TPSA) is 84.4 Å². The number of aliphatic imine (C=N–C) groups is 1. The Labute approximate surface area is 197 Å². The predicted octanol–water partition coefficient (Wildman–Crippen LogP) is 3.38. The number of hydrogen-bond donors (Lipinski definition) is 1. The number of rotatable bonds is 5. The van der Waals surface area contributed by atoms with E-state index in [1.165, 1.54) is 5.56 Å². The molecule has 0 spiro atoms. The van der Waals surface area contributed by atoms with Crippen molar-refractivity contribution in [2.75, 3.05) is 20.1 Å². The lowest BCUT2D eigenvalue weighted by Gasteiger charge is -2.21. The summed E-state index contributed by atoms with van der Waals surface area (Å²) in [6.45, 7) is 2.36. The fourth-order valence-electron chi connectivity index (χ4n) is 3.66. The first-order chi connectivity index (χ1) is 14.1. The lowest BCUT2D eigenvalue weighted by Crippen LogP contribution is -2.39. The van der Waals surface area contributed by atoms with E-state index < -0.39 is 0 Å². The van der Waals surface area contributed by atoms with Crippen molar-refractivity contribution in [1.29, 1.82) is 0 Å². The van der Waals surface area contributed by atoms with Crippen molar-refractivity contribution in [3.8, 4) is 11.4 Å². The minimum atomic E-state index is 0. The molecule has 8 nitrogen and oxygen atoms in total. The van der Waals surface area contributed by atoms with Crippen LogP contribution >= 0.6 is 35.6 Å². The first-order valence-electron chi connectivity index (χ1n) is 9.62. The van der Waals surface area contributed by atoms with Crippen LogP contribution < -0.4 is 5.32 Å². The molecule has 1 aliphatic heterocycles. The molecule has 1 unspecified atom stereocenters. The van der Waals surface area contributed by atoms with Gasteiger partial charge in [0.1, 0.15) is 0 Å². The maximum atomic E-state index is 6.04. The van der Waals surface area contributed by atoms with E-state index in [2.05, 4.69) is 36.6 Å². The quantitative estimate of drug-likeness (QED) is 0.303. The molecule has 1 saturated heterocycles. The van der Waals surface area contributed by atoms with Crippen molar-refractivity contribution in [2.24, 2.45) is 18.0 Å². The van der Waals surface area contributed by atoms with Crippen LogP contribution in [0.25, 0.3) is 11.4 Å². The Balaban J connectivity index is 0.00000256. The van der Waals surface area contributed by atoms with Gasteiger partial charge in [-0.25, -0.2) is 0 Å². The smallest absolute Gasteiger partial charge is 0.246 e. The molecule has 30 heavy (non-hydrogen) atoms. The van der Waals surface area contributed by atoms with Crippen molar-refractivity contribution in [2.45, 2.75) is 19.4 Å². The number of halogens is 2. The van der Waals surface area contributed by atoms with Crippen molar-refractivity contribution in [3.63, 3.8) is 0 Å². The summed E-state index contributed by atoms with van der Waals surface area (Å²) in [6, 6.07) is 7.40. The van der Waals surface area contributed by atoms with Gasteiger partial charge in [-0.05, 0) is 36.5 Å². The first kappa shape index (κ1) is 22.5. The van der Waals surface area contributed by atoms with Gasteiger partial charge in [0, 0.05) is 44.0 Å². The molecule has 1 atom stereocenters. The van der Waals surface area contributed by atoms with Crippen LogP contribution in [0, 0.1) is 5.92 Å². The number of hydrogen-bond acceptors (Lipinski definition) is 5. The predicted molar refractivity (Wildman–Crippen MR) is 127 cm³/mol. The summed E-state index contributed by atoms with van der Waals surface area (Å²) in [5.41, 5.74) is 2.11. The third-order valence-electron chi connectivity index (χ3n) is 5.03. The van der Waals surface area contributed by atoms with Gasteiger partial charge in [0.15, 0.2) is 5.96 Å². The Kier molecular flexibility index (Phi) is 7.70. The second-order valence-corrected chi connectivity index (χ2v) is 7.69. The van der Waals surface area contributed by atoms with E-state index >= 15 is 0 Å². The highest BCUT2D eigenvalue weighted by molar-refractivity contribution is 14.0. The van der Waals surface area contributed by atoms with Crippen LogP contribution in [0.2, 0.25) is 5.02 Å². The molecule has 3 heterocycles. The van der Waals surface area contributed by atoms with Gasteiger partial charge >= 0.3 is 0 Å². The van der Waals surface area contributed by atoms with Crippen LogP contribution in [0.15, 0.2) is 46.2 Å². The number of nitrogens with one attached hydrogen (secondary N) is 1. The van der Waals surface area contributed by atoms with Crippen molar-refractivity contribution in [1.82, 2.24) is 30.1 Å². The van der Waals surface area contributed by atoms with Crippen molar-refractivity contribution in [3.05, 3.63) is 53.1 Å². The van der Waals surface area contributed by atoms with Gasteiger partial charge in [-0.1, -0.05) is 28.9 Å². The molecule has 0 amide bonds. The monoisotopic (exact) mass is 541 g/mol. The molecule has 0 saturated carbocycles. The Morgan fingerprint density at radius 3 is 3.00 bits per heavy atom. The van der Waals surface area contributed by atoms with Gasteiger partial charge < -0.3 is 14.7 Å². The normalized spacial score (nSPS) is 16.6. The molecule has 0 aliphatic carbocycles. The Hall–Kier alpha value is -2.14. The maximum Gasteiger partial charge on any atom is 0.246 e. The zero-order valence-electron chi connectivity index (χ0n) is 17.0. The van der Waals surface area contributed by atoms with Crippen LogP contribution in [0.5, 0.6) is 0 Å². The summed E-state index contributed by atoms with van der Waals surface area (Å²) >= 11 is 6.04. The number of guanidine groups is 1. The van der Waals surface area contributed by atoms with Crippen molar-refractivity contribution < 1.29 is 4.52 Å². The van der Waals surface area contributed by atoms with E-state index in [9.17, 15) is 0 Å². The Morgan fingerprint density at radius 1 is 1.40 bits per heavy atom. The van der Waals surface area contributed by atoms with Gasteiger partial charge in [-0.3, -0.25) is 9.67 Å². The summed E-state index contributed by atoms with van der Waals surface area (Å²) < 4.78 is 7.22. The first-order valence-corrected chi connectivity index (χ1v) is 10.00. The van der Waals surface area contributed by atoms with Crippen LogP contribution in [0.1, 0.15) is 17.9 Å². The zero-order valence-corrected chi connectivity index (χ0v) is 20.0. The SMILES string of the molecule is CN=C(NCc1nc(-c2cccc(Cl)c2)no1)N1CCC(Cc2cnn(C)c2)C1.I. The summed E-state index contributed by atoms with van der Waals surface area (Å²) in [5.74, 6) is 2.47. The largest absolute Gasteiger partial charge is 0.347 e. The standard InChI is InChI=1S/C20H24ClN7O.HI/c1-22-20(28-7-6-14(13-28)8-15-10-24-27(2)12-15)23-11-18-25-19(26-29-18)16-4-3-5-17(21)9-16;/h3-5,9-10,12,14H,6-8,11,13H2,1-2H3,(H,22,23);1H. The van der Waals surface area contributed by atoms with E-state index in [-0.39, 0.29) is 24.0 Å². The molecule has 1 aromatic carbocycles. The van der Waals surface area contributed by atoms with Gasteiger partial charge in [-0.15, -0.1) is 24.0 Å². The third kappa shape index (κ3) is 5.51. The molecule has 1 N–H and O–H groups in total. The molecular formula is C20H25ClIN7O. The molecule has 2 aromatic heterocycles. The highest BCUT2D eigenvalue weighted by atomic mass is 127. The van der Waals surface area contributed by atoms with Gasteiger partial charge in [0.25, 0.3) is 0 Å². The highest BCUT2D eigenvalue weighted by Gasteiger charge is 2.25. The number of aromatic nitrogens is 4. The Morgan fingerprint density at radius 2 is 2.27 bits per heavy atom. The van der Waals surface area contributed by atoms with Crippen molar-refractivity contribution >= 4 is 41.5 Å². The highest BCUT2D eigenvalue weighted by Crippen LogP contribution is 2.22. The summed E-state index contributed by atoms with van der Waals surface area (Å²) in [7, 11) is 3.74. The fourth-order valence-corrected chi connectivity index (χ4v) is 3.85. The van der Waals surface area contributed by atoms with Crippen LogP contribution in [-0.4, -0.2) is 50.9 Å². The number of likely N-dealkylation sites (tertiary alicyclic amines) is 1. The lowest BCUT2D eigenvalue weighted by molar-refractivity contribution is 0.371. The van der Waals surface area contributed by atoms with Crippen LogP contribution in [-0.2, 0) is 20.0 Å². The second-order valence-electron chi connectivity index (χ2n) is 7.25. The van der Waals surface area contributed by atoms with Crippen LogP contribution in [0.4, 0.5) is 0 Å². The van der Waals surface area contributed by atoms with E-state index in [1.54, 1.807) is 7.05 Å². The van der Waals surface area contributed by atoms with Gasteiger partial charge in [0.05, 0.1) is 12.7 Å². The molecule has 3 aromatic rings. The minimum absolute atomic E-state index is 0. The van der Waals surface area contributed by atoms with E-state index in [4.69, 9.17) is 16.1 Å². The molecule has 0 radical (unpaired) electrons. The maximum absolute atomic E-state index is 6.04. The van der Waals surface area contributed by atoms with Gasteiger partial charge in [0.2, 0.25) is 11.7 Å². The van der Waals surface area contributed by atoms with E-state index in [0.29, 0.717) is 29.2 Å². The Bertz CT molecular complexity index is 1000. The molecule has 10 heteroatoms. The lowest BCUT2D eigenvalue weighted by atomic mass is 10.0. The van der Waals surface area contributed by atoms with Crippen LogP contribution in [0.3, 0.4) is 0 Å². The average Bonchev–Trinajstić information content (AvgIpc) is 3.45. The second kappa shape index (κ2) is 10.3. The van der Waals surface area contributed by atoms with E-state index in [0.717, 1.165) is 37.5 Å². The molecule has 160 valence electrons. The minimum Gasteiger partial charge on any atom is -0.347 e. The fraction of sp³-hybridized carbons (Fsp3) is 0.400. The molecular weight excluding hydrogens is 517 g/mol. The summed E-state index contributed by atoms with van der Waals surface area (Å²) in [5, 5.41) is 12.3. The molecule has 0 bridgehead atoms. The number of aryl methyl sites for hydroxylation is 1. The number of benzene rings is 1. The zero-order chi connectivity index (χ0) is 20.2. The third-order valence-corrected chi connectivity index (χ3v) is 5.26. The molecule has 1 aliphatic rings.